The monoisotopic (exact) mass is 274 g/mol. The van der Waals surface area contributed by atoms with E-state index in [2.05, 4.69) is 39.2 Å². The highest BCUT2D eigenvalue weighted by molar-refractivity contribution is 5.54. The van der Waals surface area contributed by atoms with Crippen molar-refractivity contribution in [2.75, 3.05) is 42.9 Å². The van der Waals surface area contributed by atoms with Crippen molar-refractivity contribution in [1.29, 1.82) is 0 Å². The van der Waals surface area contributed by atoms with Crippen LogP contribution in [0.3, 0.4) is 0 Å². The first kappa shape index (κ1) is 13.7. The maximum Gasteiger partial charge on any atom is 0.127 e. The van der Waals surface area contributed by atoms with Crippen LogP contribution < -0.4 is 10.2 Å². The number of hydrogen-bond acceptors (Lipinski definition) is 4. The largest absolute Gasteiger partial charge is 0.370 e. The first-order valence-corrected chi connectivity index (χ1v) is 8.06. The second-order valence-corrected chi connectivity index (χ2v) is 5.96. The van der Waals surface area contributed by atoms with Crippen LogP contribution in [0.5, 0.6) is 0 Å². The molecule has 1 aromatic rings. The molecule has 2 saturated heterocycles. The van der Waals surface area contributed by atoms with Gasteiger partial charge in [0.15, 0.2) is 0 Å². The number of pyridine rings is 1. The Kier molecular flexibility index (Phi) is 4.41. The van der Waals surface area contributed by atoms with E-state index in [1.165, 1.54) is 51.1 Å². The SMILES string of the molecule is CCCNc1cc(N2CCCN3CCCC3C2)ccn1. The Labute approximate surface area is 122 Å². The van der Waals surface area contributed by atoms with Gasteiger partial charge in [-0.3, -0.25) is 4.90 Å². The van der Waals surface area contributed by atoms with Gasteiger partial charge < -0.3 is 10.2 Å². The van der Waals surface area contributed by atoms with Crippen molar-refractivity contribution in [2.45, 2.75) is 38.6 Å². The van der Waals surface area contributed by atoms with Crippen LogP contribution in [0.2, 0.25) is 0 Å². The van der Waals surface area contributed by atoms with Crippen LogP contribution in [0.4, 0.5) is 11.5 Å². The molecule has 0 spiro atoms. The maximum absolute atomic E-state index is 4.41. The molecule has 0 aromatic carbocycles. The van der Waals surface area contributed by atoms with Crippen LogP contribution in [0.1, 0.15) is 32.6 Å². The molecule has 2 aliphatic rings. The van der Waals surface area contributed by atoms with Gasteiger partial charge in [-0.05, 0) is 38.3 Å². The number of hydrogen-bond donors (Lipinski definition) is 1. The van der Waals surface area contributed by atoms with Gasteiger partial charge in [-0.1, -0.05) is 6.92 Å². The Hall–Kier alpha value is -1.29. The Morgan fingerprint density at radius 1 is 1.30 bits per heavy atom. The Morgan fingerprint density at radius 3 is 3.10 bits per heavy atom. The molecule has 0 amide bonds. The molecule has 1 atom stereocenters. The lowest BCUT2D eigenvalue weighted by atomic mass is 10.2. The summed E-state index contributed by atoms with van der Waals surface area (Å²) in [5, 5.41) is 3.39. The lowest BCUT2D eigenvalue weighted by molar-refractivity contribution is 0.273. The van der Waals surface area contributed by atoms with Crippen molar-refractivity contribution in [2.24, 2.45) is 0 Å². The molecule has 0 aliphatic carbocycles. The van der Waals surface area contributed by atoms with E-state index in [1.807, 2.05) is 6.20 Å². The van der Waals surface area contributed by atoms with Gasteiger partial charge in [0.05, 0.1) is 0 Å². The van der Waals surface area contributed by atoms with Crippen molar-refractivity contribution < 1.29 is 0 Å². The minimum atomic E-state index is 0.762. The Balaban J connectivity index is 1.70. The van der Waals surface area contributed by atoms with Gasteiger partial charge in [-0.25, -0.2) is 4.98 Å². The zero-order valence-corrected chi connectivity index (χ0v) is 12.5. The summed E-state index contributed by atoms with van der Waals surface area (Å²) >= 11 is 0. The van der Waals surface area contributed by atoms with E-state index < -0.39 is 0 Å². The number of rotatable bonds is 4. The molecule has 0 bridgehead atoms. The number of fused-ring (bicyclic) bond motifs is 1. The van der Waals surface area contributed by atoms with E-state index in [4.69, 9.17) is 0 Å². The van der Waals surface area contributed by atoms with E-state index in [0.29, 0.717) is 0 Å². The van der Waals surface area contributed by atoms with Crippen LogP contribution in [0.25, 0.3) is 0 Å². The molecule has 3 heterocycles. The number of anilines is 2. The molecule has 20 heavy (non-hydrogen) atoms. The third kappa shape index (κ3) is 3.06. The first-order chi connectivity index (χ1) is 9.86. The highest BCUT2D eigenvalue weighted by Crippen LogP contribution is 2.25. The predicted octanol–water partition coefficient (Wildman–Crippen LogP) is 2.58. The molecule has 110 valence electrons. The molecule has 1 N–H and O–H groups in total. The van der Waals surface area contributed by atoms with Gasteiger partial charge in [0, 0.05) is 50.2 Å². The van der Waals surface area contributed by atoms with Crippen molar-refractivity contribution in [3.63, 3.8) is 0 Å². The van der Waals surface area contributed by atoms with Gasteiger partial charge >= 0.3 is 0 Å². The number of nitrogens with one attached hydrogen (secondary N) is 1. The van der Waals surface area contributed by atoms with Crippen LogP contribution in [0.15, 0.2) is 18.3 Å². The third-order valence-corrected chi connectivity index (χ3v) is 4.47. The molecule has 4 heteroatoms. The normalized spacial score (nSPS) is 23.4. The summed E-state index contributed by atoms with van der Waals surface area (Å²) in [6, 6.07) is 5.12. The minimum Gasteiger partial charge on any atom is -0.370 e. The predicted molar refractivity (Wildman–Crippen MR) is 84.4 cm³/mol. The van der Waals surface area contributed by atoms with E-state index in [1.54, 1.807) is 0 Å². The van der Waals surface area contributed by atoms with E-state index >= 15 is 0 Å². The molecule has 4 nitrogen and oxygen atoms in total. The van der Waals surface area contributed by atoms with E-state index in [9.17, 15) is 0 Å². The second-order valence-electron chi connectivity index (χ2n) is 5.96. The molecule has 0 saturated carbocycles. The molecule has 0 radical (unpaired) electrons. The van der Waals surface area contributed by atoms with Gasteiger partial charge in [0.1, 0.15) is 5.82 Å². The van der Waals surface area contributed by atoms with Crippen LogP contribution in [0, 0.1) is 0 Å². The fourth-order valence-electron chi connectivity index (χ4n) is 3.41. The molecule has 1 unspecified atom stereocenters. The fourth-order valence-corrected chi connectivity index (χ4v) is 3.41. The summed E-state index contributed by atoms with van der Waals surface area (Å²) in [5.74, 6) is 1.01. The molecular weight excluding hydrogens is 248 g/mol. The van der Waals surface area contributed by atoms with Crippen molar-refractivity contribution in [3.8, 4) is 0 Å². The topological polar surface area (TPSA) is 31.4 Å². The second kappa shape index (κ2) is 6.44. The molecule has 2 aliphatic heterocycles. The Morgan fingerprint density at radius 2 is 2.20 bits per heavy atom. The van der Waals surface area contributed by atoms with Crippen molar-refractivity contribution >= 4 is 11.5 Å². The van der Waals surface area contributed by atoms with E-state index in [-0.39, 0.29) is 0 Å². The van der Waals surface area contributed by atoms with Gasteiger partial charge in [-0.15, -0.1) is 0 Å². The summed E-state index contributed by atoms with van der Waals surface area (Å²) in [6.07, 6.45) is 7.08. The average Bonchev–Trinajstić information content (AvgIpc) is 2.82. The van der Waals surface area contributed by atoms with Crippen LogP contribution in [-0.4, -0.2) is 48.6 Å². The molecule has 3 rings (SSSR count). The van der Waals surface area contributed by atoms with Crippen molar-refractivity contribution in [1.82, 2.24) is 9.88 Å². The van der Waals surface area contributed by atoms with Gasteiger partial charge in [-0.2, -0.15) is 0 Å². The summed E-state index contributed by atoms with van der Waals surface area (Å²) in [4.78, 5) is 9.64. The standard InChI is InChI=1S/C16H26N4/c1-2-7-17-16-12-14(6-8-18-16)20-11-4-10-19-9-3-5-15(19)13-20/h6,8,12,15H,2-5,7,9-11,13H2,1H3,(H,17,18). The quantitative estimate of drug-likeness (QED) is 0.914. The van der Waals surface area contributed by atoms with Crippen LogP contribution in [-0.2, 0) is 0 Å². The molecule has 2 fully saturated rings. The smallest absolute Gasteiger partial charge is 0.127 e. The van der Waals surface area contributed by atoms with Gasteiger partial charge in [0.25, 0.3) is 0 Å². The van der Waals surface area contributed by atoms with Crippen LogP contribution >= 0.6 is 0 Å². The highest BCUT2D eigenvalue weighted by atomic mass is 15.3. The Bertz CT molecular complexity index is 434. The average molecular weight is 274 g/mol. The molecular formula is C16H26N4. The summed E-state index contributed by atoms with van der Waals surface area (Å²) in [5.41, 5.74) is 1.33. The zero-order valence-electron chi connectivity index (χ0n) is 12.5. The lowest BCUT2D eigenvalue weighted by Gasteiger charge is -2.27. The zero-order chi connectivity index (χ0) is 13.8. The summed E-state index contributed by atoms with van der Waals surface area (Å²) in [7, 11) is 0. The number of aromatic nitrogens is 1. The van der Waals surface area contributed by atoms with Gasteiger partial charge in [0.2, 0.25) is 0 Å². The highest BCUT2D eigenvalue weighted by Gasteiger charge is 2.28. The summed E-state index contributed by atoms with van der Waals surface area (Å²) < 4.78 is 0. The number of nitrogens with zero attached hydrogens (tertiary/aromatic N) is 3. The minimum absolute atomic E-state index is 0.762. The summed E-state index contributed by atoms with van der Waals surface area (Å²) in [6.45, 7) is 8.10. The van der Waals surface area contributed by atoms with E-state index in [0.717, 1.165) is 24.8 Å². The third-order valence-electron chi connectivity index (χ3n) is 4.47. The first-order valence-electron chi connectivity index (χ1n) is 8.06. The lowest BCUT2D eigenvalue weighted by Crippen LogP contribution is -2.36. The maximum atomic E-state index is 4.41. The fraction of sp³-hybridized carbons (Fsp3) is 0.688. The van der Waals surface area contributed by atoms with Crippen molar-refractivity contribution in [3.05, 3.63) is 18.3 Å². The molecule has 1 aromatic heterocycles.